The fourth-order valence-corrected chi connectivity index (χ4v) is 1.47. The zero-order valence-electron chi connectivity index (χ0n) is 9.90. The van der Waals surface area contributed by atoms with Crippen LogP contribution < -0.4 is 10.1 Å². The lowest BCUT2D eigenvalue weighted by molar-refractivity contribution is -0.137. The maximum absolute atomic E-state index is 12.8. The third kappa shape index (κ3) is 3.12. The maximum Gasteiger partial charge on any atom is 0.421 e. The van der Waals surface area contributed by atoms with E-state index < -0.39 is 11.7 Å². The molecule has 0 amide bonds. The molecular formula is C12H10F3N3O. The van der Waals surface area contributed by atoms with E-state index >= 15 is 0 Å². The van der Waals surface area contributed by atoms with Crippen molar-refractivity contribution < 1.29 is 17.9 Å². The third-order valence-electron chi connectivity index (χ3n) is 2.35. The summed E-state index contributed by atoms with van der Waals surface area (Å²) in [4.78, 5) is 7.00. The van der Waals surface area contributed by atoms with Crippen molar-refractivity contribution in [1.29, 1.82) is 0 Å². The van der Waals surface area contributed by atoms with E-state index in [9.17, 15) is 13.2 Å². The first-order valence-electron chi connectivity index (χ1n) is 5.29. The fourth-order valence-electron chi connectivity index (χ4n) is 1.47. The van der Waals surface area contributed by atoms with Gasteiger partial charge in [0.15, 0.2) is 0 Å². The summed E-state index contributed by atoms with van der Waals surface area (Å²) in [5.41, 5.74) is -0.471. The normalized spacial score (nSPS) is 11.2. The Labute approximate surface area is 107 Å². The van der Waals surface area contributed by atoms with Crippen LogP contribution in [0, 0.1) is 0 Å². The van der Waals surface area contributed by atoms with Gasteiger partial charge in [0.05, 0.1) is 7.11 Å². The summed E-state index contributed by atoms with van der Waals surface area (Å²) in [5, 5.41) is 2.60. The number of nitrogens with zero attached hydrogens (tertiary/aromatic N) is 2. The lowest BCUT2D eigenvalue weighted by Crippen LogP contribution is -2.10. The van der Waals surface area contributed by atoms with Gasteiger partial charge in [-0.15, -0.1) is 0 Å². The Hall–Kier alpha value is -2.31. The highest BCUT2D eigenvalue weighted by molar-refractivity contribution is 5.60. The molecule has 1 N–H and O–H groups in total. The molecule has 0 atom stereocenters. The van der Waals surface area contributed by atoms with Gasteiger partial charge in [-0.1, -0.05) is 6.07 Å². The first kappa shape index (κ1) is 13.1. The van der Waals surface area contributed by atoms with Crippen molar-refractivity contribution in [2.75, 3.05) is 12.4 Å². The van der Waals surface area contributed by atoms with Gasteiger partial charge in [-0.25, -0.2) is 9.97 Å². The van der Waals surface area contributed by atoms with Crippen LogP contribution in [0.3, 0.4) is 0 Å². The van der Waals surface area contributed by atoms with E-state index in [1.54, 1.807) is 24.3 Å². The van der Waals surface area contributed by atoms with Gasteiger partial charge in [-0.3, -0.25) is 0 Å². The molecule has 0 aliphatic carbocycles. The molecule has 1 aromatic heterocycles. The predicted octanol–water partition coefficient (Wildman–Crippen LogP) is 3.25. The van der Waals surface area contributed by atoms with E-state index in [4.69, 9.17) is 4.74 Å². The average molecular weight is 269 g/mol. The highest BCUT2D eigenvalue weighted by atomic mass is 19.4. The van der Waals surface area contributed by atoms with Gasteiger partial charge in [-0.05, 0) is 12.1 Å². The van der Waals surface area contributed by atoms with E-state index in [1.165, 1.54) is 7.11 Å². The number of aromatic nitrogens is 2. The number of anilines is 2. The van der Waals surface area contributed by atoms with Crippen LogP contribution in [0.2, 0.25) is 0 Å². The molecule has 0 unspecified atom stereocenters. The Morgan fingerprint density at radius 3 is 2.74 bits per heavy atom. The summed E-state index contributed by atoms with van der Waals surface area (Å²) in [6.07, 6.45) is -2.73. The minimum atomic E-state index is -4.51. The van der Waals surface area contributed by atoms with Gasteiger partial charge in [0.2, 0.25) is 0 Å². The molecule has 0 aliphatic heterocycles. The van der Waals surface area contributed by atoms with Crippen LogP contribution in [0.5, 0.6) is 5.75 Å². The summed E-state index contributed by atoms with van der Waals surface area (Å²) in [5.74, 6) is 0.239. The molecule has 2 rings (SSSR count). The average Bonchev–Trinajstić information content (AvgIpc) is 2.38. The maximum atomic E-state index is 12.8. The molecule has 100 valence electrons. The van der Waals surface area contributed by atoms with Crippen molar-refractivity contribution in [1.82, 2.24) is 9.97 Å². The molecule has 0 fully saturated rings. The van der Waals surface area contributed by atoms with Crippen LogP contribution in [-0.4, -0.2) is 17.1 Å². The van der Waals surface area contributed by atoms with Gasteiger partial charge in [0.1, 0.15) is 23.5 Å². The number of ether oxygens (including phenoxy) is 1. The number of alkyl halides is 3. The van der Waals surface area contributed by atoms with Gasteiger partial charge in [0.25, 0.3) is 0 Å². The Morgan fingerprint density at radius 1 is 1.26 bits per heavy atom. The minimum Gasteiger partial charge on any atom is -0.497 e. The van der Waals surface area contributed by atoms with Crippen LogP contribution in [0.15, 0.2) is 36.8 Å². The summed E-state index contributed by atoms with van der Waals surface area (Å²) in [6.45, 7) is 0. The summed E-state index contributed by atoms with van der Waals surface area (Å²) < 4.78 is 43.3. The highest BCUT2D eigenvalue weighted by Gasteiger charge is 2.34. The molecule has 1 aromatic carbocycles. The predicted molar refractivity (Wildman–Crippen MR) is 63.3 cm³/mol. The Kier molecular flexibility index (Phi) is 3.55. The highest BCUT2D eigenvalue weighted by Crippen LogP contribution is 2.34. The van der Waals surface area contributed by atoms with Crippen molar-refractivity contribution in [2.45, 2.75) is 6.18 Å². The van der Waals surface area contributed by atoms with E-state index in [2.05, 4.69) is 15.3 Å². The van der Waals surface area contributed by atoms with Gasteiger partial charge in [0, 0.05) is 18.0 Å². The van der Waals surface area contributed by atoms with Crippen LogP contribution in [0.1, 0.15) is 5.56 Å². The van der Waals surface area contributed by atoms with Crippen LogP contribution in [0.4, 0.5) is 24.7 Å². The minimum absolute atomic E-state index is 0.296. The molecule has 0 aliphatic rings. The zero-order chi connectivity index (χ0) is 13.9. The van der Waals surface area contributed by atoms with Crippen molar-refractivity contribution in [3.63, 3.8) is 0 Å². The smallest absolute Gasteiger partial charge is 0.421 e. The molecule has 0 spiro atoms. The first-order valence-corrected chi connectivity index (χ1v) is 5.29. The van der Waals surface area contributed by atoms with E-state index in [0.29, 0.717) is 11.4 Å². The van der Waals surface area contributed by atoms with Crippen molar-refractivity contribution in [3.05, 3.63) is 42.4 Å². The quantitative estimate of drug-likeness (QED) is 0.929. The number of rotatable bonds is 3. The second-order valence-electron chi connectivity index (χ2n) is 3.64. The molecule has 2 aromatic rings. The number of hydrogen-bond acceptors (Lipinski definition) is 4. The molecule has 1 heterocycles. The summed E-state index contributed by atoms with van der Waals surface area (Å²) in [6, 6.07) is 6.54. The Balaban J connectivity index is 2.33. The van der Waals surface area contributed by atoms with Crippen molar-refractivity contribution in [3.8, 4) is 5.75 Å². The van der Waals surface area contributed by atoms with Crippen LogP contribution >= 0.6 is 0 Å². The first-order chi connectivity index (χ1) is 9.00. The van der Waals surface area contributed by atoms with E-state index in [-0.39, 0.29) is 5.82 Å². The second kappa shape index (κ2) is 5.13. The largest absolute Gasteiger partial charge is 0.497 e. The van der Waals surface area contributed by atoms with E-state index in [0.717, 1.165) is 12.5 Å². The number of halogens is 3. The topological polar surface area (TPSA) is 47.0 Å². The molecule has 0 radical (unpaired) electrons. The Bertz CT molecular complexity index is 572. The van der Waals surface area contributed by atoms with E-state index in [1.807, 2.05) is 0 Å². The number of benzene rings is 1. The summed E-state index contributed by atoms with van der Waals surface area (Å²) in [7, 11) is 1.48. The van der Waals surface area contributed by atoms with Crippen LogP contribution in [-0.2, 0) is 6.18 Å². The third-order valence-corrected chi connectivity index (χ3v) is 2.35. The molecule has 0 saturated heterocycles. The molecule has 7 heteroatoms. The van der Waals surface area contributed by atoms with Crippen molar-refractivity contribution in [2.24, 2.45) is 0 Å². The number of methoxy groups -OCH3 is 1. The Morgan fingerprint density at radius 2 is 2.05 bits per heavy atom. The monoisotopic (exact) mass is 269 g/mol. The summed E-state index contributed by atoms with van der Waals surface area (Å²) >= 11 is 0. The zero-order valence-corrected chi connectivity index (χ0v) is 9.90. The molecule has 19 heavy (non-hydrogen) atoms. The molecule has 0 bridgehead atoms. The van der Waals surface area contributed by atoms with Crippen LogP contribution in [0.25, 0.3) is 0 Å². The molecule has 0 saturated carbocycles. The number of hydrogen-bond donors (Lipinski definition) is 1. The standard InChI is InChI=1S/C12H10F3N3O/c1-19-9-4-2-3-8(5-9)18-11-10(12(13,14)15)6-16-7-17-11/h2-7H,1H3,(H,16,17,18). The fraction of sp³-hybridized carbons (Fsp3) is 0.167. The molecular weight excluding hydrogens is 259 g/mol. The lowest BCUT2D eigenvalue weighted by atomic mass is 10.2. The molecule has 4 nitrogen and oxygen atoms in total. The van der Waals surface area contributed by atoms with Gasteiger partial charge >= 0.3 is 6.18 Å². The second-order valence-corrected chi connectivity index (χ2v) is 3.64. The lowest BCUT2D eigenvalue weighted by Gasteiger charge is -2.13. The van der Waals surface area contributed by atoms with Gasteiger partial charge in [-0.2, -0.15) is 13.2 Å². The van der Waals surface area contributed by atoms with Gasteiger partial charge < -0.3 is 10.1 Å². The SMILES string of the molecule is COc1cccc(Nc2ncncc2C(F)(F)F)c1. The number of nitrogens with one attached hydrogen (secondary N) is 1. The van der Waals surface area contributed by atoms with Crippen molar-refractivity contribution >= 4 is 11.5 Å².